The van der Waals surface area contributed by atoms with Crippen LogP contribution in [0.15, 0.2) is 48.6 Å². The molecule has 0 unspecified atom stereocenters. The Hall–Kier alpha value is -1.96. The number of aryl methyl sites for hydroxylation is 3. The minimum absolute atomic E-state index is 0.520. The van der Waals surface area contributed by atoms with E-state index in [1.807, 2.05) is 13.0 Å². The van der Waals surface area contributed by atoms with Crippen LogP contribution in [0.4, 0.5) is 8.78 Å². The highest BCUT2D eigenvalue weighted by Crippen LogP contribution is 2.44. The molecular formula is C34H46F2. The number of benzene rings is 2. The van der Waals surface area contributed by atoms with E-state index in [1.165, 1.54) is 56.9 Å². The van der Waals surface area contributed by atoms with E-state index >= 15 is 0 Å². The van der Waals surface area contributed by atoms with E-state index in [4.69, 9.17) is 0 Å². The summed E-state index contributed by atoms with van der Waals surface area (Å²) in [6, 6.07) is 13.1. The fourth-order valence-corrected chi connectivity index (χ4v) is 6.89. The lowest BCUT2D eigenvalue weighted by Gasteiger charge is -2.38. The van der Waals surface area contributed by atoms with Crippen molar-refractivity contribution in [3.8, 4) is 0 Å². The third-order valence-electron chi connectivity index (χ3n) is 9.20. The lowest BCUT2D eigenvalue weighted by molar-refractivity contribution is 0.157. The quantitative estimate of drug-likeness (QED) is 0.289. The molecule has 0 saturated heterocycles. The van der Waals surface area contributed by atoms with Crippen LogP contribution in [0.1, 0.15) is 113 Å². The fourth-order valence-electron chi connectivity index (χ4n) is 6.89. The summed E-state index contributed by atoms with van der Waals surface area (Å²) < 4.78 is 28.8. The maximum atomic E-state index is 14.5. The summed E-state index contributed by atoms with van der Waals surface area (Å²) in [5, 5.41) is 0. The summed E-state index contributed by atoms with van der Waals surface area (Å²) in [4.78, 5) is 0. The third kappa shape index (κ3) is 7.08. The van der Waals surface area contributed by atoms with Gasteiger partial charge >= 0.3 is 0 Å². The molecule has 0 spiro atoms. The maximum absolute atomic E-state index is 14.5. The van der Waals surface area contributed by atoms with Gasteiger partial charge in [-0.1, -0.05) is 74.7 Å². The van der Waals surface area contributed by atoms with E-state index in [9.17, 15) is 8.78 Å². The summed E-state index contributed by atoms with van der Waals surface area (Å²) in [5.74, 6) is 1.95. The van der Waals surface area contributed by atoms with Crippen LogP contribution in [-0.2, 0) is 19.3 Å². The highest BCUT2D eigenvalue weighted by atomic mass is 19.2. The molecule has 2 aromatic rings. The molecule has 0 nitrogen and oxygen atoms in total. The van der Waals surface area contributed by atoms with E-state index in [2.05, 4.69) is 43.3 Å². The van der Waals surface area contributed by atoms with Crippen molar-refractivity contribution >= 4 is 0 Å². The van der Waals surface area contributed by atoms with Gasteiger partial charge in [-0.2, -0.15) is 0 Å². The Kier molecular flexibility index (Phi) is 10.2. The molecule has 4 rings (SSSR count). The fraction of sp³-hybridized carbons (Fsp3) is 0.588. The average molecular weight is 493 g/mol. The van der Waals surface area contributed by atoms with Crippen molar-refractivity contribution in [2.24, 2.45) is 17.8 Å². The number of rotatable bonds is 10. The highest BCUT2D eigenvalue weighted by Gasteiger charge is 2.31. The molecule has 0 aliphatic heterocycles. The average Bonchev–Trinajstić information content (AvgIpc) is 2.92. The van der Waals surface area contributed by atoms with Gasteiger partial charge in [0, 0.05) is 0 Å². The number of halogens is 2. The zero-order valence-corrected chi connectivity index (χ0v) is 22.6. The first-order valence-electron chi connectivity index (χ1n) is 14.7. The van der Waals surface area contributed by atoms with E-state index in [-0.39, 0.29) is 0 Å². The SMILES string of the molecule is C/C=C/CCc1ccc(C2CCC(C3CCC(CCc4ccc(CCC)c(F)c4F)CC3)CC2)cc1. The van der Waals surface area contributed by atoms with Gasteiger partial charge in [0.15, 0.2) is 11.6 Å². The number of hydrogen-bond donors (Lipinski definition) is 0. The molecular weight excluding hydrogens is 446 g/mol. The Morgan fingerprint density at radius 3 is 1.89 bits per heavy atom. The van der Waals surface area contributed by atoms with Crippen LogP contribution in [0.2, 0.25) is 0 Å². The van der Waals surface area contributed by atoms with Crippen LogP contribution >= 0.6 is 0 Å². The minimum atomic E-state index is -0.617. The molecule has 2 heteroatoms. The van der Waals surface area contributed by atoms with Crippen LogP contribution in [0.5, 0.6) is 0 Å². The van der Waals surface area contributed by atoms with Gasteiger partial charge in [0.2, 0.25) is 0 Å². The zero-order valence-electron chi connectivity index (χ0n) is 22.6. The van der Waals surface area contributed by atoms with Crippen molar-refractivity contribution < 1.29 is 8.78 Å². The largest absolute Gasteiger partial charge is 0.203 e. The second-order valence-corrected chi connectivity index (χ2v) is 11.5. The zero-order chi connectivity index (χ0) is 25.3. The monoisotopic (exact) mass is 492 g/mol. The standard InChI is InChI=1S/C34H46F2/c1-3-5-6-8-25-9-14-27(15-10-25)29-19-21-30(22-20-29)28-16-11-26(12-17-28)13-18-32-24-23-31(7-4-2)33(35)34(32)36/h3,5,9-10,14-15,23-24,26,28-30H,4,6-8,11-13,16-22H2,1-2H3/b5-3+. The van der Waals surface area contributed by atoms with E-state index in [0.717, 1.165) is 43.4 Å². The lowest BCUT2D eigenvalue weighted by Crippen LogP contribution is -2.25. The van der Waals surface area contributed by atoms with Gasteiger partial charge in [-0.3, -0.25) is 0 Å². The van der Waals surface area contributed by atoms with Gasteiger partial charge < -0.3 is 0 Å². The second kappa shape index (κ2) is 13.5. The third-order valence-corrected chi connectivity index (χ3v) is 9.20. The predicted molar refractivity (Wildman–Crippen MR) is 148 cm³/mol. The summed E-state index contributed by atoms with van der Waals surface area (Å²) in [6.45, 7) is 4.09. The number of allylic oxidation sites excluding steroid dienone is 2. The Bertz CT molecular complexity index is 957. The first kappa shape index (κ1) is 27.1. The Morgan fingerprint density at radius 2 is 1.31 bits per heavy atom. The van der Waals surface area contributed by atoms with Gasteiger partial charge in [-0.05, 0) is 123 Å². The van der Waals surface area contributed by atoms with Gasteiger partial charge in [-0.25, -0.2) is 8.78 Å². The van der Waals surface area contributed by atoms with E-state index in [1.54, 1.807) is 11.6 Å². The van der Waals surface area contributed by atoms with Gasteiger partial charge in [-0.15, -0.1) is 0 Å². The molecule has 0 amide bonds. The molecule has 2 aromatic carbocycles. The Morgan fingerprint density at radius 1 is 0.722 bits per heavy atom. The van der Waals surface area contributed by atoms with Crippen LogP contribution in [-0.4, -0.2) is 0 Å². The van der Waals surface area contributed by atoms with Crippen molar-refractivity contribution in [1.29, 1.82) is 0 Å². The summed E-state index contributed by atoms with van der Waals surface area (Å²) in [6.07, 6.45) is 20.3. The molecule has 0 bridgehead atoms. The second-order valence-electron chi connectivity index (χ2n) is 11.5. The van der Waals surface area contributed by atoms with Crippen LogP contribution in [0.25, 0.3) is 0 Å². The molecule has 36 heavy (non-hydrogen) atoms. The first-order valence-corrected chi connectivity index (χ1v) is 14.7. The van der Waals surface area contributed by atoms with Gasteiger partial charge in [0.05, 0.1) is 0 Å². The number of hydrogen-bond acceptors (Lipinski definition) is 0. The smallest absolute Gasteiger partial charge is 0.162 e. The topological polar surface area (TPSA) is 0 Å². The molecule has 2 aliphatic carbocycles. The molecule has 0 heterocycles. The minimum Gasteiger partial charge on any atom is -0.203 e. The Labute approximate surface area is 218 Å². The molecule has 0 atom stereocenters. The lowest BCUT2D eigenvalue weighted by atomic mass is 9.68. The molecule has 0 aromatic heterocycles. The van der Waals surface area contributed by atoms with Crippen molar-refractivity contribution in [3.05, 3.63) is 82.4 Å². The van der Waals surface area contributed by atoms with Gasteiger partial charge in [0.25, 0.3) is 0 Å². The molecule has 0 N–H and O–H groups in total. The molecule has 0 radical (unpaired) electrons. The maximum Gasteiger partial charge on any atom is 0.162 e. The van der Waals surface area contributed by atoms with Crippen molar-refractivity contribution in [3.63, 3.8) is 0 Å². The van der Waals surface area contributed by atoms with Crippen molar-refractivity contribution in [1.82, 2.24) is 0 Å². The van der Waals surface area contributed by atoms with Gasteiger partial charge in [0.1, 0.15) is 0 Å². The van der Waals surface area contributed by atoms with Crippen LogP contribution < -0.4 is 0 Å². The first-order chi connectivity index (χ1) is 17.6. The van der Waals surface area contributed by atoms with E-state index < -0.39 is 11.6 Å². The molecule has 2 saturated carbocycles. The summed E-state index contributed by atoms with van der Waals surface area (Å²) in [7, 11) is 0. The predicted octanol–water partition coefficient (Wildman–Crippen LogP) is 10.1. The Balaban J connectivity index is 1.18. The van der Waals surface area contributed by atoms with Crippen LogP contribution in [0.3, 0.4) is 0 Å². The van der Waals surface area contributed by atoms with Crippen molar-refractivity contribution in [2.45, 2.75) is 110 Å². The summed E-state index contributed by atoms with van der Waals surface area (Å²) in [5.41, 5.74) is 4.08. The highest BCUT2D eigenvalue weighted by molar-refractivity contribution is 5.27. The van der Waals surface area contributed by atoms with Crippen molar-refractivity contribution in [2.75, 3.05) is 0 Å². The van der Waals surface area contributed by atoms with Crippen LogP contribution in [0, 0.1) is 29.4 Å². The molecule has 196 valence electrons. The summed E-state index contributed by atoms with van der Waals surface area (Å²) >= 11 is 0. The molecule has 2 aliphatic rings. The normalized spacial score (nSPS) is 24.9. The molecule has 2 fully saturated rings. The van der Waals surface area contributed by atoms with E-state index in [0.29, 0.717) is 29.9 Å².